The molecule has 0 aromatic rings. The lowest BCUT2D eigenvalue weighted by Crippen LogP contribution is -1.98. The van der Waals surface area contributed by atoms with Gasteiger partial charge in [-0.25, -0.2) is 0 Å². The number of rotatable bonds is 16. The Morgan fingerprint density at radius 2 is 1.00 bits per heavy atom. The van der Waals surface area contributed by atoms with Crippen molar-refractivity contribution in [2.24, 2.45) is 0 Å². The minimum atomic E-state index is 0.616. The highest BCUT2D eigenvalue weighted by molar-refractivity contribution is 7.81. The van der Waals surface area contributed by atoms with E-state index in [1.54, 1.807) is 0 Å². The molecule has 0 aliphatic rings. The van der Waals surface area contributed by atoms with E-state index < -0.39 is 0 Å². The zero-order chi connectivity index (χ0) is 14.9. The molecule has 0 spiro atoms. The molecule has 1 atom stereocenters. The normalized spacial score (nSPS) is 12.8. The summed E-state index contributed by atoms with van der Waals surface area (Å²) in [7, 11) is 0. The van der Waals surface area contributed by atoms with E-state index in [1.807, 2.05) is 0 Å². The lowest BCUT2D eigenvalue weighted by molar-refractivity contribution is 0.534. The quantitative estimate of drug-likeness (QED) is 0.220. The molecular formula is C18H38S2. The van der Waals surface area contributed by atoms with Crippen LogP contribution in [0.25, 0.3) is 0 Å². The Kier molecular flexibility index (Phi) is 18.4. The van der Waals surface area contributed by atoms with E-state index in [0.29, 0.717) is 5.25 Å². The molecule has 2 heteroatoms. The summed E-state index contributed by atoms with van der Waals surface area (Å²) in [5.41, 5.74) is 0. The fourth-order valence-corrected chi connectivity index (χ4v) is 3.24. The molecule has 0 saturated carbocycles. The van der Waals surface area contributed by atoms with Gasteiger partial charge in [-0.2, -0.15) is 25.3 Å². The van der Waals surface area contributed by atoms with E-state index in [-0.39, 0.29) is 0 Å². The summed E-state index contributed by atoms with van der Waals surface area (Å²) >= 11 is 8.89. The van der Waals surface area contributed by atoms with Crippen LogP contribution in [-0.4, -0.2) is 11.0 Å². The molecule has 0 rings (SSSR count). The minimum Gasteiger partial charge on any atom is -0.179 e. The molecule has 20 heavy (non-hydrogen) atoms. The van der Waals surface area contributed by atoms with Crippen LogP contribution >= 0.6 is 25.3 Å². The number of thiol groups is 2. The fraction of sp³-hybridized carbons (Fsp3) is 1.00. The second kappa shape index (κ2) is 17.8. The molecule has 0 N–H and O–H groups in total. The molecule has 0 fully saturated rings. The van der Waals surface area contributed by atoms with Crippen molar-refractivity contribution in [3.8, 4) is 0 Å². The van der Waals surface area contributed by atoms with E-state index in [0.717, 1.165) is 5.75 Å². The second-order valence-electron chi connectivity index (χ2n) is 6.20. The molecule has 0 aromatic heterocycles. The zero-order valence-corrected chi connectivity index (χ0v) is 15.6. The van der Waals surface area contributed by atoms with Crippen molar-refractivity contribution in [3.63, 3.8) is 0 Å². The Balaban J connectivity index is 3.02. The first-order chi connectivity index (χ1) is 9.81. The third-order valence-corrected chi connectivity index (χ3v) is 4.92. The summed E-state index contributed by atoms with van der Waals surface area (Å²) in [5.74, 6) is 1.01. The Labute approximate surface area is 139 Å². The smallest absolute Gasteiger partial charge is 0.00171 e. The van der Waals surface area contributed by atoms with Gasteiger partial charge in [0.25, 0.3) is 0 Å². The van der Waals surface area contributed by atoms with E-state index in [9.17, 15) is 0 Å². The summed E-state index contributed by atoms with van der Waals surface area (Å²) in [4.78, 5) is 0. The van der Waals surface area contributed by atoms with Crippen LogP contribution < -0.4 is 0 Å². The molecule has 1 unspecified atom stereocenters. The molecule has 0 nitrogen and oxygen atoms in total. The van der Waals surface area contributed by atoms with Crippen LogP contribution in [0.5, 0.6) is 0 Å². The Hall–Kier alpha value is 0.700. The molecule has 0 radical (unpaired) electrons. The van der Waals surface area contributed by atoms with Crippen molar-refractivity contribution < 1.29 is 0 Å². The van der Waals surface area contributed by atoms with Gasteiger partial charge in [0.05, 0.1) is 0 Å². The van der Waals surface area contributed by atoms with Crippen molar-refractivity contribution in [2.75, 3.05) is 5.75 Å². The van der Waals surface area contributed by atoms with E-state index in [2.05, 4.69) is 32.2 Å². The number of hydrogen-bond acceptors (Lipinski definition) is 2. The van der Waals surface area contributed by atoms with Crippen LogP contribution in [0.2, 0.25) is 0 Å². The molecule has 0 aliphatic heterocycles. The van der Waals surface area contributed by atoms with Gasteiger partial charge in [-0.15, -0.1) is 0 Å². The molecule has 0 aliphatic carbocycles. The van der Waals surface area contributed by atoms with Gasteiger partial charge in [-0.1, -0.05) is 84.0 Å². The van der Waals surface area contributed by atoms with E-state index in [1.165, 1.54) is 96.3 Å². The highest BCUT2D eigenvalue weighted by Crippen LogP contribution is 2.16. The van der Waals surface area contributed by atoms with Gasteiger partial charge in [0, 0.05) is 5.25 Å². The summed E-state index contributed by atoms with van der Waals surface area (Å²) in [5, 5.41) is 0.616. The molecule has 0 bridgehead atoms. The van der Waals surface area contributed by atoms with E-state index >= 15 is 0 Å². The third-order valence-electron chi connectivity index (χ3n) is 4.09. The van der Waals surface area contributed by atoms with Gasteiger partial charge >= 0.3 is 0 Å². The van der Waals surface area contributed by atoms with Crippen molar-refractivity contribution >= 4 is 25.3 Å². The lowest BCUT2D eigenvalue weighted by Gasteiger charge is -2.09. The van der Waals surface area contributed by atoms with Crippen LogP contribution in [0, 0.1) is 0 Å². The average molecular weight is 319 g/mol. The fourth-order valence-electron chi connectivity index (χ4n) is 2.69. The van der Waals surface area contributed by atoms with Crippen LogP contribution in [0.15, 0.2) is 0 Å². The largest absolute Gasteiger partial charge is 0.179 e. The van der Waals surface area contributed by atoms with Crippen LogP contribution in [0.3, 0.4) is 0 Å². The van der Waals surface area contributed by atoms with E-state index in [4.69, 9.17) is 0 Å². The van der Waals surface area contributed by atoms with Gasteiger partial charge < -0.3 is 0 Å². The maximum Gasteiger partial charge on any atom is 0.00171 e. The van der Waals surface area contributed by atoms with Gasteiger partial charge in [-0.05, 0) is 25.0 Å². The summed E-state index contributed by atoms with van der Waals surface area (Å²) < 4.78 is 0. The molecule has 0 saturated heterocycles. The summed E-state index contributed by atoms with van der Waals surface area (Å²) in [6.45, 7) is 2.29. The maximum absolute atomic E-state index is 4.64. The Bertz CT molecular complexity index is 171. The minimum absolute atomic E-state index is 0.616. The van der Waals surface area contributed by atoms with Gasteiger partial charge in [0.15, 0.2) is 0 Å². The van der Waals surface area contributed by atoms with Gasteiger partial charge in [0.2, 0.25) is 0 Å². The molecule has 0 heterocycles. The predicted octanol–water partition coefficient (Wildman–Crippen LogP) is 7.09. The monoisotopic (exact) mass is 318 g/mol. The Morgan fingerprint density at radius 3 is 1.45 bits per heavy atom. The molecular weight excluding hydrogens is 280 g/mol. The summed E-state index contributed by atoms with van der Waals surface area (Å²) in [6, 6.07) is 0. The first-order valence-corrected chi connectivity index (χ1v) is 10.2. The first kappa shape index (κ1) is 20.7. The maximum atomic E-state index is 4.64. The van der Waals surface area contributed by atoms with Crippen LogP contribution in [0.1, 0.15) is 103 Å². The topological polar surface area (TPSA) is 0 Å². The third kappa shape index (κ3) is 16.8. The van der Waals surface area contributed by atoms with Gasteiger partial charge in [0.1, 0.15) is 0 Å². The van der Waals surface area contributed by atoms with Crippen LogP contribution in [0.4, 0.5) is 0 Å². The average Bonchev–Trinajstić information content (AvgIpc) is 2.46. The second-order valence-corrected chi connectivity index (χ2v) is 7.37. The summed E-state index contributed by atoms with van der Waals surface area (Å²) in [6.07, 6.45) is 21.0. The highest BCUT2D eigenvalue weighted by Gasteiger charge is 2.01. The molecule has 0 amide bonds. The SMILES string of the molecule is CCCCCCCCCCCCCCC(S)CCCS. The van der Waals surface area contributed by atoms with Crippen LogP contribution in [-0.2, 0) is 0 Å². The number of hydrogen-bond donors (Lipinski definition) is 2. The Morgan fingerprint density at radius 1 is 0.600 bits per heavy atom. The lowest BCUT2D eigenvalue weighted by atomic mass is 10.0. The predicted molar refractivity (Wildman–Crippen MR) is 102 cm³/mol. The van der Waals surface area contributed by atoms with Crippen molar-refractivity contribution in [1.82, 2.24) is 0 Å². The van der Waals surface area contributed by atoms with Crippen molar-refractivity contribution in [3.05, 3.63) is 0 Å². The molecule has 122 valence electrons. The zero-order valence-electron chi connectivity index (χ0n) is 13.8. The highest BCUT2D eigenvalue weighted by atomic mass is 32.1. The molecule has 0 aromatic carbocycles. The van der Waals surface area contributed by atoms with Gasteiger partial charge in [-0.3, -0.25) is 0 Å². The standard InChI is InChI=1S/C18H38S2/c1-2-3-4-5-6-7-8-9-10-11-12-13-15-18(20)16-14-17-19/h18-20H,2-17H2,1H3. The first-order valence-electron chi connectivity index (χ1n) is 9.10. The van der Waals surface area contributed by atoms with Crippen molar-refractivity contribution in [2.45, 2.75) is 108 Å². The van der Waals surface area contributed by atoms with Crippen molar-refractivity contribution in [1.29, 1.82) is 0 Å². The number of unbranched alkanes of at least 4 members (excludes halogenated alkanes) is 11.